The lowest BCUT2D eigenvalue weighted by Gasteiger charge is -2.04. The summed E-state index contributed by atoms with van der Waals surface area (Å²) >= 11 is 0. The van der Waals surface area contributed by atoms with E-state index in [2.05, 4.69) is 5.10 Å². The van der Waals surface area contributed by atoms with Crippen LogP contribution in [0.1, 0.15) is 16.1 Å². The molecule has 2 rings (SSSR count). The van der Waals surface area contributed by atoms with Crippen LogP contribution in [0.3, 0.4) is 0 Å². The highest BCUT2D eigenvalue weighted by Gasteiger charge is 2.08. The van der Waals surface area contributed by atoms with Crippen LogP contribution in [0.15, 0.2) is 41.2 Å². The van der Waals surface area contributed by atoms with Crippen LogP contribution in [-0.4, -0.2) is 15.6 Å². The average Bonchev–Trinajstić information content (AvgIpc) is 2.34. The third-order valence-corrected chi connectivity index (χ3v) is 2.46. The van der Waals surface area contributed by atoms with Gasteiger partial charge in [-0.05, 0) is 37.3 Å². The fraction of sp³-hybridized carbons (Fsp3) is 0.154. The van der Waals surface area contributed by atoms with Crippen LogP contribution in [0, 0.1) is 12.7 Å². The number of aryl methyl sites for hydroxylation is 1. The van der Waals surface area contributed by atoms with E-state index in [0.29, 0.717) is 11.3 Å². The number of hydrogen-bond acceptors (Lipinski definition) is 3. The maximum absolute atomic E-state index is 12.7. The molecule has 0 bridgehead atoms. The third kappa shape index (κ3) is 2.68. The van der Waals surface area contributed by atoms with Crippen LogP contribution >= 0.6 is 0 Å². The molecular formula is C13H11FN2O2. The minimum Gasteiger partial charge on any atom is -0.292 e. The van der Waals surface area contributed by atoms with Crippen molar-refractivity contribution in [2.45, 2.75) is 13.5 Å². The topological polar surface area (TPSA) is 52.0 Å². The van der Waals surface area contributed by atoms with Gasteiger partial charge < -0.3 is 0 Å². The van der Waals surface area contributed by atoms with Crippen molar-refractivity contribution in [1.29, 1.82) is 0 Å². The van der Waals surface area contributed by atoms with Gasteiger partial charge in [0.25, 0.3) is 5.56 Å². The Morgan fingerprint density at radius 1 is 1.22 bits per heavy atom. The quantitative estimate of drug-likeness (QED) is 0.772. The van der Waals surface area contributed by atoms with E-state index in [-0.39, 0.29) is 17.9 Å². The highest BCUT2D eigenvalue weighted by Crippen LogP contribution is 2.04. The van der Waals surface area contributed by atoms with Gasteiger partial charge in [0.15, 0.2) is 5.78 Å². The lowest BCUT2D eigenvalue weighted by atomic mass is 10.1. The molecule has 0 N–H and O–H groups in total. The van der Waals surface area contributed by atoms with Gasteiger partial charge in [0, 0.05) is 11.6 Å². The van der Waals surface area contributed by atoms with E-state index < -0.39 is 5.82 Å². The number of halogens is 1. The number of benzene rings is 1. The minimum absolute atomic E-state index is 0.147. The Labute approximate surface area is 103 Å². The molecule has 0 fully saturated rings. The lowest BCUT2D eigenvalue weighted by Crippen LogP contribution is -2.26. The Balaban J connectivity index is 2.24. The zero-order chi connectivity index (χ0) is 13.1. The molecule has 0 aliphatic rings. The Hall–Kier alpha value is -2.30. The molecule has 1 heterocycles. The first kappa shape index (κ1) is 12.2. The van der Waals surface area contributed by atoms with Crippen molar-refractivity contribution in [1.82, 2.24) is 9.78 Å². The van der Waals surface area contributed by atoms with Crippen molar-refractivity contribution in [2.75, 3.05) is 0 Å². The molecule has 0 radical (unpaired) electrons. The lowest BCUT2D eigenvalue weighted by molar-refractivity contribution is 0.0965. The SMILES string of the molecule is Cc1ccc(=O)n(CC(=O)c2ccc(F)cc2)n1. The molecule has 2 aromatic rings. The molecule has 0 saturated heterocycles. The molecular weight excluding hydrogens is 235 g/mol. The van der Waals surface area contributed by atoms with E-state index in [1.807, 2.05) is 0 Å². The van der Waals surface area contributed by atoms with Gasteiger partial charge in [0.2, 0.25) is 0 Å². The molecule has 1 aromatic heterocycles. The number of rotatable bonds is 3. The van der Waals surface area contributed by atoms with E-state index in [0.717, 1.165) is 4.68 Å². The molecule has 0 aliphatic carbocycles. The maximum Gasteiger partial charge on any atom is 0.267 e. The van der Waals surface area contributed by atoms with Gasteiger partial charge in [-0.3, -0.25) is 9.59 Å². The van der Waals surface area contributed by atoms with Gasteiger partial charge in [-0.1, -0.05) is 0 Å². The Morgan fingerprint density at radius 2 is 1.89 bits per heavy atom. The number of carbonyl (C=O) groups excluding carboxylic acids is 1. The van der Waals surface area contributed by atoms with Crippen molar-refractivity contribution in [3.8, 4) is 0 Å². The number of nitrogens with zero attached hydrogens (tertiary/aromatic N) is 2. The Bertz CT molecular complexity index is 632. The van der Waals surface area contributed by atoms with Crippen molar-refractivity contribution >= 4 is 5.78 Å². The summed E-state index contributed by atoms with van der Waals surface area (Å²) in [5, 5.41) is 3.97. The molecule has 0 amide bonds. The number of ketones is 1. The summed E-state index contributed by atoms with van der Waals surface area (Å²) in [5.41, 5.74) is 0.671. The van der Waals surface area contributed by atoms with Gasteiger partial charge in [0.1, 0.15) is 12.4 Å². The zero-order valence-corrected chi connectivity index (χ0v) is 9.76. The van der Waals surface area contributed by atoms with Crippen molar-refractivity contribution < 1.29 is 9.18 Å². The van der Waals surface area contributed by atoms with Crippen molar-refractivity contribution in [3.63, 3.8) is 0 Å². The van der Waals surface area contributed by atoms with Gasteiger partial charge in [-0.2, -0.15) is 5.10 Å². The number of carbonyl (C=O) groups is 1. The first-order chi connectivity index (χ1) is 8.56. The highest BCUT2D eigenvalue weighted by molar-refractivity contribution is 5.95. The van der Waals surface area contributed by atoms with Crippen molar-refractivity contribution in [3.05, 3.63) is 63.8 Å². The summed E-state index contributed by atoms with van der Waals surface area (Å²) in [6, 6.07) is 8.14. The molecule has 0 unspecified atom stereocenters. The number of aromatic nitrogens is 2. The van der Waals surface area contributed by atoms with E-state index in [4.69, 9.17) is 0 Å². The Morgan fingerprint density at radius 3 is 2.56 bits per heavy atom. The van der Waals surface area contributed by atoms with Gasteiger partial charge in [-0.25, -0.2) is 9.07 Å². The number of Topliss-reactive ketones (excluding diaryl/α,β-unsaturated/α-hetero) is 1. The average molecular weight is 246 g/mol. The molecule has 18 heavy (non-hydrogen) atoms. The molecule has 0 saturated carbocycles. The third-order valence-electron chi connectivity index (χ3n) is 2.46. The summed E-state index contributed by atoms with van der Waals surface area (Å²) in [7, 11) is 0. The van der Waals surface area contributed by atoms with Crippen LogP contribution in [-0.2, 0) is 6.54 Å². The van der Waals surface area contributed by atoms with E-state index in [9.17, 15) is 14.0 Å². The van der Waals surface area contributed by atoms with Crippen molar-refractivity contribution in [2.24, 2.45) is 0 Å². The van der Waals surface area contributed by atoms with E-state index >= 15 is 0 Å². The highest BCUT2D eigenvalue weighted by atomic mass is 19.1. The standard InChI is InChI=1S/C13H11FN2O2/c1-9-2-7-13(18)16(15-9)8-12(17)10-3-5-11(14)6-4-10/h2-7H,8H2,1H3. The summed E-state index contributed by atoms with van der Waals surface area (Å²) < 4.78 is 13.8. The smallest absolute Gasteiger partial charge is 0.267 e. The summed E-state index contributed by atoms with van der Waals surface area (Å²) in [5.74, 6) is -0.687. The van der Waals surface area contributed by atoms with Crippen LogP contribution in [0.5, 0.6) is 0 Å². The first-order valence-corrected chi connectivity index (χ1v) is 5.40. The van der Waals surface area contributed by atoms with Crippen LogP contribution < -0.4 is 5.56 Å². The summed E-state index contributed by atoms with van der Waals surface area (Å²) in [6.07, 6.45) is 0. The van der Waals surface area contributed by atoms with E-state index in [1.54, 1.807) is 13.0 Å². The normalized spacial score (nSPS) is 10.3. The van der Waals surface area contributed by atoms with Crippen LogP contribution in [0.2, 0.25) is 0 Å². The van der Waals surface area contributed by atoms with E-state index in [1.165, 1.54) is 30.3 Å². The monoisotopic (exact) mass is 246 g/mol. The number of hydrogen-bond donors (Lipinski definition) is 0. The molecule has 1 aromatic carbocycles. The Kier molecular flexibility index (Phi) is 3.32. The summed E-state index contributed by atoms with van der Waals surface area (Å²) in [6.45, 7) is 1.59. The van der Waals surface area contributed by atoms with Gasteiger partial charge in [-0.15, -0.1) is 0 Å². The maximum atomic E-state index is 12.7. The second-order valence-electron chi connectivity index (χ2n) is 3.90. The largest absolute Gasteiger partial charge is 0.292 e. The first-order valence-electron chi connectivity index (χ1n) is 5.40. The fourth-order valence-electron chi connectivity index (χ4n) is 1.53. The second kappa shape index (κ2) is 4.91. The predicted molar refractivity (Wildman–Crippen MR) is 64.0 cm³/mol. The summed E-state index contributed by atoms with van der Waals surface area (Å²) in [4.78, 5) is 23.3. The molecule has 0 aliphatic heterocycles. The van der Waals surface area contributed by atoms with Crippen LogP contribution in [0.4, 0.5) is 4.39 Å². The fourth-order valence-corrected chi connectivity index (χ4v) is 1.53. The molecule has 0 spiro atoms. The van der Waals surface area contributed by atoms with Crippen LogP contribution in [0.25, 0.3) is 0 Å². The van der Waals surface area contributed by atoms with Gasteiger partial charge >= 0.3 is 0 Å². The zero-order valence-electron chi connectivity index (χ0n) is 9.76. The van der Waals surface area contributed by atoms with Gasteiger partial charge in [0.05, 0.1) is 5.69 Å². The second-order valence-corrected chi connectivity index (χ2v) is 3.90. The molecule has 92 valence electrons. The molecule has 0 atom stereocenters. The molecule has 5 heteroatoms. The minimum atomic E-state index is -0.405. The molecule has 4 nitrogen and oxygen atoms in total. The predicted octanol–water partition coefficient (Wildman–Crippen LogP) is 1.57.